The summed E-state index contributed by atoms with van der Waals surface area (Å²) in [7, 11) is 1.68. The monoisotopic (exact) mass is 403 g/mol. The molecule has 0 aliphatic carbocycles. The number of ether oxygens (including phenoxy) is 1. The zero-order valence-electron chi connectivity index (χ0n) is 17.6. The number of methoxy groups -OCH3 is 1. The molecule has 2 heterocycles. The third-order valence-corrected chi connectivity index (χ3v) is 6.38. The zero-order valence-corrected chi connectivity index (χ0v) is 17.6. The second-order valence-electron chi connectivity index (χ2n) is 8.29. The van der Waals surface area contributed by atoms with Gasteiger partial charge in [0.15, 0.2) is 0 Å². The van der Waals surface area contributed by atoms with Crippen LogP contribution in [0.3, 0.4) is 0 Å². The maximum Gasteiger partial charge on any atom is 0.239 e. The molecule has 2 aliphatic heterocycles. The lowest BCUT2D eigenvalue weighted by atomic mass is 9.98. The van der Waals surface area contributed by atoms with Gasteiger partial charge >= 0.3 is 0 Å². The number of rotatable bonds is 5. The van der Waals surface area contributed by atoms with Gasteiger partial charge in [0, 0.05) is 25.6 Å². The molecule has 0 radical (unpaired) electrons. The Morgan fingerprint density at radius 1 is 1.07 bits per heavy atom. The summed E-state index contributed by atoms with van der Waals surface area (Å²) in [4.78, 5) is 17.4. The molecular formula is C25H29N3O2. The van der Waals surface area contributed by atoms with Gasteiger partial charge in [-0.25, -0.2) is 0 Å². The highest BCUT2D eigenvalue weighted by Gasteiger charge is 2.35. The maximum absolute atomic E-state index is 13.1. The standard InChI is InChI=1S/C25H29N3O2/c1-30-23-5-2-4-22(16-23)21-9-7-20(8-10-21)18-28-13-3-6-24(28)25(29)27-14-11-19(17-26)12-15-27/h2,4-5,7-10,16,19,24H,3,6,11-15,18H2,1H3. The Labute approximate surface area is 178 Å². The van der Waals surface area contributed by atoms with Crippen LogP contribution in [0.15, 0.2) is 48.5 Å². The molecule has 2 saturated heterocycles. The maximum atomic E-state index is 13.1. The molecule has 1 unspecified atom stereocenters. The largest absolute Gasteiger partial charge is 0.497 e. The van der Waals surface area contributed by atoms with E-state index in [2.05, 4.69) is 41.3 Å². The smallest absolute Gasteiger partial charge is 0.239 e. The van der Waals surface area contributed by atoms with Gasteiger partial charge < -0.3 is 9.64 Å². The normalized spacial score (nSPS) is 20.1. The molecule has 0 saturated carbocycles. The van der Waals surface area contributed by atoms with Gasteiger partial charge in [-0.2, -0.15) is 5.26 Å². The number of piperidine rings is 1. The van der Waals surface area contributed by atoms with Crippen molar-refractivity contribution >= 4 is 5.91 Å². The molecule has 2 aromatic carbocycles. The van der Waals surface area contributed by atoms with Gasteiger partial charge in [0.05, 0.1) is 19.2 Å². The Kier molecular flexibility index (Phi) is 6.35. The van der Waals surface area contributed by atoms with E-state index in [1.54, 1.807) is 7.11 Å². The lowest BCUT2D eigenvalue weighted by molar-refractivity contribution is -0.137. The molecule has 2 fully saturated rings. The molecule has 1 amide bonds. The second-order valence-corrected chi connectivity index (χ2v) is 8.29. The molecule has 0 aromatic heterocycles. The Balaban J connectivity index is 1.39. The second kappa shape index (κ2) is 9.32. The summed E-state index contributed by atoms with van der Waals surface area (Å²) in [5.74, 6) is 1.21. The molecule has 30 heavy (non-hydrogen) atoms. The van der Waals surface area contributed by atoms with Crippen molar-refractivity contribution in [3.05, 3.63) is 54.1 Å². The molecular weight excluding hydrogens is 374 g/mol. The van der Waals surface area contributed by atoms with E-state index in [9.17, 15) is 4.79 Å². The molecule has 5 heteroatoms. The first-order valence-corrected chi connectivity index (χ1v) is 10.8. The predicted octanol–water partition coefficient (Wildman–Crippen LogP) is 4.09. The van der Waals surface area contributed by atoms with E-state index in [0.29, 0.717) is 0 Å². The minimum atomic E-state index is -0.0262. The zero-order chi connectivity index (χ0) is 20.9. The van der Waals surface area contributed by atoms with Crippen LogP contribution >= 0.6 is 0 Å². The van der Waals surface area contributed by atoms with Gasteiger partial charge in [-0.05, 0) is 61.1 Å². The number of hydrogen-bond acceptors (Lipinski definition) is 4. The summed E-state index contributed by atoms with van der Waals surface area (Å²) in [6, 6.07) is 19.0. The molecule has 156 valence electrons. The minimum Gasteiger partial charge on any atom is -0.497 e. The minimum absolute atomic E-state index is 0.0262. The number of carbonyl (C=O) groups is 1. The van der Waals surface area contributed by atoms with Gasteiger partial charge in [-0.3, -0.25) is 9.69 Å². The van der Waals surface area contributed by atoms with E-state index in [4.69, 9.17) is 10.00 Å². The first-order chi connectivity index (χ1) is 14.7. The molecule has 0 bridgehead atoms. The van der Waals surface area contributed by atoms with Crippen molar-refractivity contribution in [3.63, 3.8) is 0 Å². The van der Waals surface area contributed by atoms with Crippen molar-refractivity contribution in [2.24, 2.45) is 5.92 Å². The van der Waals surface area contributed by atoms with Crippen molar-refractivity contribution in [2.75, 3.05) is 26.7 Å². The first kappa shape index (κ1) is 20.4. The number of benzene rings is 2. The van der Waals surface area contributed by atoms with E-state index in [1.807, 2.05) is 23.1 Å². The van der Waals surface area contributed by atoms with Gasteiger partial charge in [0.25, 0.3) is 0 Å². The van der Waals surface area contributed by atoms with Crippen LogP contribution < -0.4 is 4.74 Å². The summed E-state index contributed by atoms with van der Waals surface area (Å²) < 4.78 is 5.33. The highest BCUT2D eigenvalue weighted by atomic mass is 16.5. The summed E-state index contributed by atoms with van der Waals surface area (Å²) >= 11 is 0. The van der Waals surface area contributed by atoms with Crippen molar-refractivity contribution in [3.8, 4) is 22.9 Å². The fourth-order valence-electron chi connectivity index (χ4n) is 4.57. The number of nitriles is 1. The van der Waals surface area contributed by atoms with Crippen LogP contribution in [0, 0.1) is 17.2 Å². The number of hydrogen-bond donors (Lipinski definition) is 0. The Bertz CT molecular complexity index is 911. The molecule has 2 aliphatic rings. The predicted molar refractivity (Wildman–Crippen MR) is 117 cm³/mol. The average Bonchev–Trinajstić information content (AvgIpc) is 3.27. The van der Waals surface area contributed by atoms with E-state index in [1.165, 1.54) is 5.56 Å². The number of carbonyl (C=O) groups excluding carboxylic acids is 1. The van der Waals surface area contributed by atoms with Crippen LogP contribution in [0.2, 0.25) is 0 Å². The lowest BCUT2D eigenvalue weighted by Gasteiger charge is -2.34. The topological polar surface area (TPSA) is 56.6 Å². The van der Waals surface area contributed by atoms with Gasteiger partial charge in [0.1, 0.15) is 5.75 Å². The van der Waals surface area contributed by atoms with Crippen LogP contribution in [0.25, 0.3) is 11.1 Å². The van der Waals surface area contributed by atoms with Crippen molar-refractivity contribution in [1.29, 1.82) is 5.26 Å². The number of nitrogens with zero attached hydrogens (tertiary/aromatic N) is 3. The van der Waals surface area contributed by atoms with E-state index in [-0.39, 0.29) is 17.9 Å². The Morgan fingerprint density at radius 2 is 1.83 bits per heavy atom. The third kappa shape index (κ3) is 4.49. The molecule has 2 aromatic rings. The number of likely N-dealkylation sites (tertiary alicyclic amines) is 2. The summed E-state index contributed by atoms with van der Waals surface area (Å²) in [6.45, 7) is 3.19. The summed E-state index contributed by atoms with van der Waals surface area (Å²) in [5.41, 5.74) is 3.52. The average molecular weight is 404 g/mol. The first-order valence-electron chi connectivity index (χ1n) is 10.8. The lowest BCUT2D eigenvalue weighted by Crippen LogP contribution is -2.48. The highest BCUT2D eigenvalue weighted by molar-refractivity contribution is 5.82. The van der Waals surface area contributed by atoms with E-state index >= 15 is 0 Å². The highest BCUT2D eigenvalue weighted by Crippen LogP contribution is 2.27. The van der Waals surface area contributed by atoms with Crippen LogP contribution in [0.1, 0.15) is 31.2 Å². The van der Waals surface area contributed by atoms with Crippen molar-refractivity contribution in [1.82, 2.24) is 9.80 Å². The third-order valence-electron chi connectivity index (χ3n) is 6.38. The summed E-state index contributed by atoms with van der Waals surface area (Å²) in [5, 5.41) is 9.08. The van der Waals surface area contributed by atoms with Crippen LogP contribution in [0.4, 0.5) is 0 Å². The van der Waals surface area contributed by atoms with Gasteiger partial charge in [-0.15, -0.1) is 0 Å². The quantitative estimate of drug-likeness (QED) is 0.755. The van der Waals surface area contributed by atoms with Crippen LogP contribution in [-0.2, 0) is 11.3 Å². The molecule has 5 nitrogen and oxygen atoms in total. The fourth-order valence-corrected chi connectivity index (χ4v) is 4.57. The van der Waals surface area contributed by atoms with Crippen molar-refractivity contribution in [2.45, 2.75) is 38.3 Å². The fraction of sp³-hybridized carbons (Fsp3) is 0.440. The molecule has 0 spiro atoms. The van der Waals surface area contributed by atoms with Crippen LogP contribution in [0.5, 0.6) is 5.75 Å². The number of amides is 1. The van der Waals surface area contributed by atoms with Gasteiger partial charge in [-0.1, -0.05) is 36.4 Å². The molecule has 1 atom stereocenters. The molecule has 4 rings (SSSR count). The Morgan fingerprint density at radius 3 is 2.53 bits per heavy atom. The van der Waals surface area contributed by atoms with Crippen LogP contribution in [-0.4, -0.2) is 48.5 Å². The summed E-state index contributed by atoms with van der Waals surface area (Å²) in [6.07, 6.45) is 3.60. The van der Waals surface area contributed by atoms with Crippen molar-refractivity contribution < 1.29 is 9.53 Å². The van der Waals surface area contributed by atoms with Gasteiger partial charge in [0.2, 0.25) is 5.91 Å². The Hall–Kier alpha value is -2.84. The van der Waals surface area contributed by atoms with E-state index in [0.717, 1.165) is 68.7 Å². The SMILES string of the molecule is COc1cccc(-c2ccc(CN3CCCC3C(=O)N3CCC(C#N)CC3)cc2)c1. The molecule has 0 N–H and O–H groups in total. The van der Waals surface area contributed by atoms with E-state index < -0.39 is 0 Å².